The number of methoxy groups -OCH3 is 2. The highest BCUT2D eigenvalue weighted by molar-refractivity contribution is 6.85. The van der Waals surface area contributed by atoms with Crippen LogP contribution in [-0.4, -0.2) is 34.2 Å². The molecule has 84 valence electrons. The minimum absolute atomic E-state index is 0.535. The molecule has 0 aliphatic heterocycles. The Bertz CT molecular complexity index is 322. The summed E-state index contributed by atoms with van der Waals surface area (Å²) in [4.78, 5) is 23.2. The average Bonchev–Trinajstić information content (AvgIpc) is 2.91. The molecule has 15 heavy (non-hydrogen) atoms. The first-order valence-electron chi connectivity index (χ1n) is 4.71. The van der Waals surface area contributed by atoms with Gasteiger partial charge in [0.2, 0.25) is 5.41 Å². The lowest BCUT2D eigenvalue weighted by Gasteiger charge is -2.20. The lowest BCUT2D eigenvalue weighted by molar-refractivity contribution is -0.159. The van der Waals surface area contributed by atoms with Gasteiger partial charge in [-0.3, -0.25) is 9.59 Å². The highest BCUT2D eigenvalue weighted by Gasteiger charge is 2.62. The van der Waals surface area contributed by atoms with E-state index < -0.39 is 25.4 Å². The van der Waals surface area contributed by atoms with Crippen LogP contribution in [0.3, 0.4) is 0 Å². The van der Waals surface area contributed by atoms with Gasteiger partial charge in [-0.15, -0.1) is 0 Å². The van der Waals surface area contributed by atoms with Gasteiger partial charge in [0.15, 0.2) is 0 Å². The van der Waals surface area contributed by atoms with Gasteiger partial charge in [-0.25, -0.2) is 0 Å². The van der Waals surface area contributed by atoms with Gasteiger partial charge in [-0.1, -0.05) is 30.9 Å². The van der Waals surface area contributed by atoms with Crippen LogP contribution in [0.1, 0.15) is 0 Å². The molecule has 0 heterocycles. The van der Waals surface area contributed by atoms with Gasteiger partial charge < -0.3 is 9.47 Å². The smallest absolute Gasteiger partial charge is 0.331 e. The predicted octanol–water partition coefficient (Wildman–Crippen LogP) is 1.14. The van der Waals surface area contributed by atoms with E-state index in [1.165, 1.54) is 14.2 Å². The molecule has 1 rings (SSSR count). The highest BCUT2D eigenvalue weighted by atomic mass is 28.3. The Balaban J connectivity index is 2.98. The van der Waals surface area contributed by atoms with E-state index in [4.69, 9.17) is 0 Å². The van der Waals surface area contributed by atoms with E-state index >= 15 is 0 Å². The molecule has 0 spiro atoms. The third-order valence-corrected chi connectivity index (χ3v) is 4.68. The SMILES string of the molecule is COC(=O)C1(C(=O)OC)C=C1[Si](C)(C)C. The second-order valence-corrected chi connectivity index (χ2v) is 9.64. The number of esters is 2. The zero-order valence-electron chi connectivity index (χ0n) is 9.71. The Morgan fingerprint density at radius 3 is 1.73 bits per heavy atom. The van der Waals surface area contributed by atoms with Gasteiger partial charge in [0.25, 0.3) is 0 Å². The molecule has 0 aromatic carbocycles. The molecule has 0 radical (unpaired) electrons. The Hall–Kier alpha value is -1.10. The monoisotopic (exact) mass is 228 g/mol. The molecule has 4 nitrogen and oxygen atoms in total. The van der Waals surface area contributed by atoms with E-state index in [1.807, 2.05) is 0 Å². The number of hydrogen-bond donors (Lipinski definition) is 0. The Labute approximate surface area is 90.3 Å². The fourth-order valence-corrected chi connectivity index (χ4v) is 3.77. The molecule has 0 saturated heterocycles. The van der Waals surface area contributed by atoms with E-state index in [9.17, 15) is 9.59 Å². The summed E-state index contributed by atoms with van der Waals surface area (Å²) in [5.74, 6) is -1.07. The Morgan fingerprint density at radius 1 is 1.13 bits per heavy atom. The van der Waals surface area contributed by atoms with Crippen molar-refractivity contribution in [3.63, 3.8) is 0 Å². The zero-order valence-corrected chi connectivity index (χ0v) is 10.7. The number of rotatable bonds is 3. The minimum atomic E-state index is -1.66. The zero-order chi connectivity index (χ0) is 11.9. The van der Waals surface area contributed by atoms with Crippen LogP contribution in [-0.2, 0) is 19.1 Å². The molecule has 0 atom stereocenters. The van der Waals surface area contributed by atoms with Gasteiger partial charge >= 0.3 is 11.9 Å². The second kappa shape index (κ2) is 3.48. The van der Waals surface area contributed by atoms with Crippen molar-refractivity contribution in [2.75, 3.05) is 14.2 Å². The van der Waals surface area contributed by atoms with Crippen molar-refractivity contribution in [2.24, 2.45) is 5.41 Å². The van der Waals surface area contributed by atoms with Gasteiger partial charge in [0.1, 0.15) is 0 Å². The summed E-state index contributed by atoms with van der Waals surface area (Å²) in [5, 5.41) is 0.897. The van der Waals surface area contributed by atoms with Crippen molar-refractivity contribution in [2.45, 2.75) is 19.6 Å². The quantitative estimate of drug-likeness (QED) is 0.413. The third-order valence-electron chi connectivity index (χ3n) is 2.53. The van der Waals surface area contributed by atoms with Gasteiger partial charge in [0.05, 0.1) is 22.3 Å². The number of hydrogen-bond acceptors (Lipinski definition) is 4. The summed E-state index contributed by atoms with van der Waals surface area (Å²) in [5.41, 5.74) is -1.20. The fraction of sp³-hybridized carbons (Fsp3) is 0.600. The first-order valence-corrected chi connectivity index (χ1v) is 8.21. The van der Waals surface area contributed by atoms with Crippen molar-refractivity contribution in [3.05, 3.63) is 11.3 Å². The molecular weight excluding hydrogens is 212 g/mol. The minimum Gasteiger partial charge on any atom is -0.468 e. The largest absolute Gasteiger partial charge is 0.468 e. The van der Waals surface area contributed by atoms with Crippen LogP contribution in [0.2, 0.25) is 19.6 Å². The molecule has 0 aromatic heterocycles. The summed E-state index contributed by atoms with van der Waals surface area (Å²) < 4.78 is 9.31. The van der Waals surface area contributed by atoms with Crippen LogP contribution in [0.25, 0.3) is 0 Å². The third kappa shape index (κ3) is 1.71. The summed E-state index contributed by atoms with van der Waals surface area (Å²) in [6.45, 7) is 6.23. The van der Waals surface area contributed by atoms with Crippen molar-refractivity contribution >= 4 is 20.0 Å². The van der Waals surface area contributed by atoms with Crippen LogP contribution in [0.15, 0.2) is 11.3 Å². The van der Waals surface area contributed by atoms with Crippen molar-refractivity contribution in [3.8, 4) is 0 Å². The van der Waals surface area contributed by atoms with Gasteiger partial charge in [0, 0.05) is 0 Å². The predicted molar refractivity (Wildman–Crippen MR) is 57.9 cm³/mol. The van der Waals surface area contributed by atoms with Crippen LogP contribution in [0.5, 0.6) is 0 Å². The highest BCUT2D eigenvalue weighted by Crippen LogP contribution is 2.51. The molecule has 1 aliphatic rings. The molecule has 0 bridgehead atoms. The summed E-state index contributed by atoms with van der Waals surface area (Å²) >= 11 is 0. The molecule has 0 unspecified atom stereocenters. The number of carbonyl (C=O) groups is 2. The normalized spacial score (nSPS) is 17.8. The Kier molecular flexibility index (Phi) is 2.78. The summed E-state index contributed by atoms with van der Waals surface area (Å²) in [6.07, 6.45) is 1.68. The summed E-state index contributed by atoms with van der Waals surface area (Å²) in [7, 11) is 0.900. The number of ether oxygens (including phenoxy) is 2. The molecule has 0 saturated carbocycles. The molecule has 0 amide bonds. The standard InChI is InChI=1S/C10H16O4Si/c1-13-8(11)10(9(12)14-2)6-7(10)15(3,4)5/h6H,1-5H3. The van der Waals surface area contributed by atoms with Crippen LogP contribution in [0.4, 0.5) is 0 Å². The van der Waals surface area contributed by atoms with Crippen LogP contribution >= 0.6 is 0 Å². The maximum atomic E-state index is 11.6. The second-order valence-electron chi connectivity index (χ2n) is 4.60. The molecule has 1 aliphatic carbocycles. The average molecular weight is 228 g/mol. The summed E-state index contributed by atoms with van der Waals surface area (Å²) in [6, 6.07) is 0. The van der Waals surface area contributed by atoms with Gasteiger partial charge in [-0.2, -0.15) is 0 Å². The number of carbonyl (C=O) groups excluding carboxylic acids is 2. The maximum Gasteiger partial charge on any atom is 0.331 e. The Morgan fingerprint density at radius 2 is 1.53 bits per heavy atom. The first kappa shape index (κ1) is 12.0. The molecule has 5 heteroatoms. The van der Waals surface area contributed by atoms with Crippen molar-refractivity contribution in [1.82, 2.24) is 0 Å². The lowest BCUT2D eigenvalue weighted by Crippen LogP contribution is -2.37. The van der Waals surface area contributed by atoms with Crippen molar-refractivity contribution in [1.29, 1.82) is 0 Å². The maximum absolute atomic E-state index is 11.6. The molecule has 0 aromatic rings. The molecular formula is C10H16O4Si. The van der Waals surface area contributed by atoms with Gasteiger partial charge in [-0.05, 0) is 0 Å². The van der Waals surface area contributed by atoms with E-state index in [-0.39, 0.29) is 0 Å². The lowest BCUT2D eigenvalue weighted by atomic mass is 10.1. The van der Waals surface area contributed by atoms with E-state index in [2.05, 4.69) is 29.1 Å². The topological polar surface area (TPSA) is 52.6 Å². The first-order chi connectivity index (χ1) is 6.80. The molecule has 0 fully saturated rings. The van der Waals surface area contributed by atoms with Crippen LogP contribution in [0, 0.1) is 5.41 Å². The molecule has 0 N–H and O–H groups in total. The van der Waals surface area contributed by atoms with Crippen LogP contribution < -0.4 is 0 Å². The van der Waals surface area contributed by atoms with E-state index in [1.54, 1.807) is 6.08 Å². The van der Waals surface area contributed by atoms with Crippen molar-refractivity contribution < 1.29 is 19.1 Å². The fourth-order valence-electron chi connectivity index (χ4n) is 1.73. The van der Waals surface area contributed by atoms with E-state index in [0.29, 0.717) is 0 Å². The van der Waals surface area contributed by atoms with E-state index in [0.717, 1.165) is 5.20 Å².